The molecular formula is C20H16NO5S2-. The molecule has 0 aromatic heterocycles. The smallest absolute Gasteiger partial charge is 0.270 e. The molecule has 0 spiro atoms. The predicted molar refractivity (Wildman–Crippen MR) is 110 cm³/mol. The summed E-state index contributed by atoms with van der Waals surface area (Å²) >= 11 is 6.61. The maximum atomic E-state index is 12.9. The lowest BCUT2D eigenvalue weighted by atomic mass is 10.1. The summed E-state index contributed by atoms with van der Waals surface area (Å²) in [4.78, 5) is 25.4. The fourth-order valence-electron chi connectivity index (χ4n) is 2.64. The van der Waals surface area contributed by atoms with Crippen LogP contribution in [0.4, 0.5) is 5.69 Å². The Balaban J connectivity index is 1.86. The highest BCUT2D eigenvalue weighted by molar-refractivity contribution is 8.27. The highest BCUT2D eigenvalue weighted by atomic mass is 32.2. The number of benzene rings is 2. The number of hydrogen-bond donors (Lipinski definition) is 0. The molecule has 1 aliphatic heterocycles. The van der Waals surface area contributed by atoms with E-state index < -0.39 is 12.6 Å². The Labute approximate surface area is 171 Å². The second kappa shape index (κ2) is 8.45. The molecule has 0 unspecified atom stereocenters. The van der Waals surface area contributed by atoms with Crippen molar-refractivity contribution in [3.05, 3.63) is 58.5 Å². The summed E-state index contributed by atoms with van der Waals surface area (Å²) in [5, 5.41) is 10.6. The molecule has 28 heavy (non-hydrogen) atoms. The zero-order valence-corrected chi connectivity index (χ0v) is 16.8. The largest absolute Gasteiger partial charge is 0.546 e. The highest BCUT2D eigenvalue weighted by Gasteiger charge is 2.33. The molecule has 1 saturated heterocycles. The van der Waals surface area contributed by atoms with Gasteiger partial charge in [-0.1, -0.05) is 42.2 Å². The minimum absolute atomic E-state index is 0.197. The van der Waals surface area contributed by atoms with Crippen LogP contribution in [0.5, 0.6) is 11.5 Å². The van der Waals surface area contributed by atoms with Crippen LogP contribution in [0, 0.1) is 6.92 Å². The van der Waals surface area contributed by atoms with E-state index in [9.17, 15) is 14.7 Å². The van der Waals surface area contributed by atoms with Crippen molar-refractivity contribution >= 4 is 51.9 Å². The second-order valence-corrected chi connectivity index (χ2v) is 7.60. The lowest BCUT2D eigenvalue weighted by Crippen LogP contribution is -2.29. The van der Waals surface area contributed by atoms with Gasteiger partial charge in [0, 0.05) is 0 Å². The first-order valence-electron chi connectivity index (χ1n) is 8.24. The van der Waals surface area contributed by atoms with Crippen molar-refractivity contribution in [2.45, 2.75) is 6.92 Å². The molecule has 0 saturated carbocycles. The number of carbonyl (C=O) groups is 2. The maximum Gasteiger partial charge on any atom is 0.270 e. The lowest BCUT2D eigenvalue weighted by Gasteiger charge is -2.14. The van der Waals surface area contributed by atoms with Crippen LogP contribution < -0.4 is 19.5 Å². The third kappa shape index (κ3) is 4.35. The molecule has 0 bridgehead atoms. The summed E-state index contributed by atoms with van der Waals surface area (Å²) < 4.78 is 10.8. The van der Waals surface area contributed by atoms with Gasteiger partial charge in [0.25, 0.3) is 5.91 Å². The Morgan fingerprint density at radius 1 is 1.25 bits per heavy atom. The van der Waals surface area contributed by atoms with Crippen LogP contribution in [0.2, 0.25) is 0 Å². The Morgan fingerprint density at radius 2 is 2.04 bits per heavy atom. The number of thioether (sulfide) groups is 1. The van der Waals surface area contributed by atoms with Gasteiger partial charge in [0.15, 0.2) is 15.8 Å². The summed E-state index contributed by atoms with van der Waals surface area (Å²) in [5.74, 6) is -0.900. The number of carboxylic acid groups (broad SMARTS) is 1. The van der Waals surface area contributed by atoms with E-state index in [4.69, 9.17) is 21.7 Å². The van der Waals surface area contributed by atoms with Crippen molar-refractivity contribution in [1.29, 1.82) is 0 Å². The molecule has 144 valence electrons. The third-order valence-corrected chi connectivity index (χ3v) is 5.19. The minimum Gasteiger partial charge on any atom is -0.546 e. The number of amides is 1. The summed E-state index contributed by atoms with van der Waals surface area (Å²) in [6, 6.07) is 12.5. The average Bonchev–Trinajstić information content (AvgIpc) is 2.93. The Kier molecular flexibility index (Phi) is 6.01. The molecule has 0 N–H and O–H groups in total. The zero-order chi connectivity index (χ0) is 20.3. The fourth-order valence-corrected chi connectivity index (χ4v) is 3.94. The van der Waals surface area contributed by atoms with Gasteiger partial charge < -0.3 is 19.4 Å². The first-order valence-corrected chi connectivity index (χ1v) is 9.47. The molecular weight excluding hydrogens is 398 g/mol. The maximum absolute atomic E-state index is 12.9. The number of nitrogens with zero attached hydrogens (tertiary/aromatic N) is 1. The van der Waals surface area contributed by atoms with Crippen LogP contribution in [0.25, 0.3) is 6.08 Å². The molecule has 3 rings (SSSR count). The third-order valence-electron chi connectivity index (χ3n) is 3.88. The number of anilines is 1. The molecule has 1 heterocycles. The normalized spacial score (nSPS) is 15.2. The van der Waals surface area contributed by atoms with Gasteiger partial charge in [0.2, 0.25) is 0 Å². The summed E-state index contributed by atoms with van der Waals surface area (Å²) in [6.45, 7) is 1.37. The van der Waals surface area contributed by atoms with E-state index in [0.717, 1.165) is 11.3 Å². The molecule has 0 atom stereocenters. The zero-order valence-electron chi connectivity index (χ0n) is 15.1. The summed E-state index contributed by atoms with van der Waals surface area (Å²) in [7, 11) is 1.45. The van der Waals surface area contributed by atoms with E-state index in [1.54, 1.807) is 24.3 Å². The molecule has 1 aliphatic rings. The summed E-state index contributed by atoms with van der Waals surface area (Å²) in [5.41, 5.74) is 2.46. The number of thiocarbonyl (C=S) groups is 1. The molecule has 0 aliphatic carbocycles. The fraction of sp³-hybridized carbons (Fsp3) is 0.150. The van der Waals surface area contributed by atoms with Crippen LogP contribution in [0.15, 0.2) is 47.4 Å². The number of methoxy groups -OCH3 is 1. The van der Waals surface area contributed by atoms with Gasteiger partial charge in [-0.3, -0.25) is 9.69 Å². The van der Waals surface area contributed by atoms with Crippen molar-refractivity contribution in [1.82, 2.24) is 0 Å². The first kappa shape index (κ1) is 19.9. The van der Waals surface area contributed by atoms with E-state index in [0.29, 0.717) is 20.5 Å². The van der Waals surface area contributed by atoms with Gasteiger partial charge in [-0.2, -0.15) is 0 Å². The number of ether oxygens (including phenoxy) is 2. The Morgan fingerprint density at radius 3 is 2.71 bits per heavy atom. The number of rotatable bonds is 6. The number of aryl methyl sites for hydroxylation is 1. The Hall–Kier alpha value is -2.84. The lowest BCUT2D eigenvalue weighted by molar-refractivity contribution is -0.307. The van der Waals surface area contributed by atoms with Crippen molar-refractivity contribution in [2.75, 3.05) is 18.6 Å². The van der Waals surface area contributed by atoms with E-state index >= 15 is 0 Å². The van der Waals surface area contributed by atoms with Crippen molar-refractivity contribution < 1.29 is 24.2 Å². The van der Waals surface area contributed by atoms with Crippen LogP contribution in [-0.4, -0.2) is 29.9 Å². The standard InChI is InChI=1S/C20H17NO5S2/c1-12-4-3-5-14(8-12)21-19(24)17(28-20(21)27)10-13-6-7-15(16(9-13)25-2)26-11-18(22)23/h3-10H,11H2,1-2H3,(H,22,23)/p-1/b17-10-. The predicted octanol–water partition coefficient (Wildman–Crippen LogP) is 2.54. The molecule has 1 amide bonds. The SMILES string of the molecule is COc1cc(/C=C2\SC(=S)N(c3cccc(C)c3)C2=O)ccc1OCC(=O)[O-]. The number of carbonyl (C=O) groups excluding carboxylic acids is 2. The number of carboxylic acids is 1. The van der Waals surface area contributed by atoms with Crippen molar-refractivity contribution in [3.8, 4) is 11.5 Å². The van der Waals surface area contributed by atoms with Gasteiger partial charge >= 0.3 is 0 Å². The quantitative estimate of drug-likeness (QED) is 0.531. The van der Waals surface area contributed by atoms with Crippen LogP contribution in [0.3, 0.4) is 0 Å². The Bertz CT molecular complexity index is 986. The second-order valence-electron chi connectivity index (χ2n) is 5.93. The van der Waals surface area contributed by atoms with E-state index in [-0.39, 0.29) is 11.7 Å². The monoisotopic (exact) mass is 414 g/mol. The number of aliphatic carboxylic acids is 1. The first-order chi connectivity index (χ1) is 13.4. The molecule has 2 aromatic carbocycles. The van der Waals surface area contributed by atoms with E-state index in [1.165, 1.54) is 23.8 Å². The van der Waals surface area contributed by atoms with Crippen LogP contribution in [-0.2, 0) is 9.59 Å². The molecule has 6 nitrogen and oxygen atoms in total. The topological polar surface area (TPSA) is 78.9 Å². The average molecular weight is 414 g/mol. The molecule has 2 aromatic rings. The van der Waals surface area contributed by atoms with Crippen molar-refractivity contribution in [3.63, 3.8) is 0 Å². The van der Waals surface area contributed by atoms with Gasteiger partial charge in [-0.15, -0.1) is 0 Å². The summed E-state index contributed by atoms with van der Waals surface area (Å²) in [6.07, 6.45) is 1.71. The highest BCUT2D eigenvalue weighted by Crippen LogP contribution is 2.37. The van der Waals surface area contributed by atoms with E-state index in [1.807, 2.05) is 31.2 Å². The van der Waals surface area contributed by atoms with Crippen LogP contribution >= 0.6 is 24.0 Å². The minimum atomic E-state index is -1.33. The van der Waals surface area contributed by atoms with Gasteiger partial charge in [-0.25, -0.2) is 0 Å². The molecule has 1 fully saturated rings. The van der Waals surface area contributed by atoms with Gasteiger partial charge in [0.1, 0.15) is 6.61 Å². The van der Waals surface area contributed by atoms with E-state index in [2.05, 4.69) is 0 Å². The number of hydrogen-bond acceptors (Lipinski definition) is 7. The van der Waals surface area contributed by atoms with Gasteiger partial charge in [-0.05, 0) is 48.4 Å². The molecule has 8 heteroatoms. The van der Waals surface area contributed by atoms with Crippen LogP contribution in [0.1, 0.15) is 11.1 Å². The molecule has 0 radical (unpaired) electrons. The van der Waals surface area contributed by atoms with Gasteiger partial charge in [0.05, 0.1) is 23.7 Å². The van der Waals surface area contributed by atoms with Crippen molar-refractivity contribution in [2.24, 2.45) is 0 Å².